The third kappa shape index (κ3) is 17.0. The summed E-state index contributed by atoms with van der Waals surface area (Å²) in [6.45, 7) is 4.30. The van der Waals surface area contributed by atoms with Crippen LogP contribution in [0.4, 0.5) is 15.3 Å². The number of aliphatic hydroxyl groups excluding tert-OH is 2. The second-order valence-corrected chi connectivity index (χ2v) is 17.0. The summed E-state index contributed by atoms with van der Waals surface area (Å²) in [6.07, 6.45) is 5.12. The van der Waals surface area contributed by atoms with E-state index in [1.165, 1.54) is 0 Å². The number of nitrogens with zero attached hydrogens (tertiary/aromatic N) is 1. The van der Waals surface area contributed by atoms with Crippen LogP contribution in [0.15, 0.2) is 48.5 Å². The molecule has 2 aromatic carbocycles. The first-order valence-electron chi connectivity index (χ1n) is 23.4. The number of imide groups is 1. The number of hydrogen-bond acceptors (Lipinski definition) is 16. The van der Waals surface area contributed by atoms with Crippen LogP contribution in [0.3, 0.4) is 0 Å². The van der Waals surface area contributed by atoms with Crippen LogP contribution in [-0.4, -0.2) is 107 Å². The van der Waals surface area contributed by atoms with Crippen molar-refractivity contribution >= 4 is 64.9 Å². The van der Waals surface area contributed by atoms with Crippen LogP contribution < -0.4 is 33.2 Å². The molecule has 384 valence electrons. The molecule has 70 heavy (non-hydrogen) atoms. The van der Waals surface area contributed by atoms with Crippen LogP contribution in [0.1, 0.15) is 114 Å². The van der Waals surface area contributed by atoms with E-state index in [2.05, 4.69) is 16.0 Å². The molecule has 11 N–H and O–H groups in total. The number of ketones is 2. The molecule has 2 atom stereocenters. The average Bonchev–Trinajstić information content (AvgIpc) is 3.61. The van der Waals surface area contributed by atoms with E-state index in [9.17, 15) is 47.9 Å². The van der Waals surface area contributed by atoms with E-state index < -0.39 is 64.6 Å². The summed E-state index contributed by atoms with van der Waals surface area (Å²) in [5.74, 6) is -4.32. The van der Waals surface area contributed by atoms with Crippen LogP contribution in [0, 0.1) is 16.7 Å². The van der Waals surface area contributed by atoms with Gasteiger partial charge in [-0.1, -0.05) is 42.8 Å². The van der Waals surface area contributed by atoms with Gasteiger partial charge in [-0.2, -0.15) is 0 Å². The van der Waals surface area contributed by atoms with E-state index in [0.717, 1.165) is 23.1 Å². The summed E-state index contributed by atoms with van der Waals surface area (Å²) in [6, 6.07) is 12.0. The third-order valence-corrected chi connectivity index (χ3v) is 12.1. The van der Waals surface area contributed by atoms with Crippen molar-refractivity contribution in [3.8, 4) is 0 Å². The highest BCUT2D eigenvalue weighted by Gasteiger charge is 2.55. The highest BCUT2D eigenvalue weighted by molar-refractivity contribution is 6.06. The van der Waals surface area contributed by atoms with E-state index in [1.54, 1.807) is 62.4 Å². The Morgan fingerprint density at radius 3 is 1.57 bits per heavy atom. The maximum absolute atomic E-state index is 13.1. The normalized spacial score (nSPS) is 15.9. The topological polar surface area (TPSA) is 356 Å². The van der Waals surface area contributed by atoms with E-state index in [4.69, 9.17) is 41.7 Å². The number of anilines is 1. The quantitative estimate of drug-likeness (QED) is 0.0324. The van der Waals surface area contributed by atoms with Gasteiger partial charge in [0.05, 0.1) is 32.5 Å². The molecule has 0 radical (unpaired) electrons. The van der Waals surface area contributed by atoms with Gasteiger partial charge in [-0.25, -0.2) is 14.4 Å². The number of hydroxylamine groups is 2. The molecule has 2 saturated carbocycles. The number of carbonyl (C=O) groups excluding carboxylic acids is 10. The fourth-order valence-corrected chi connectivity index (χ4v) is 7.57. The Kier molecular flexibility index (Phi) is 23.5. The first-order valence-corrected chi connectivity index (χ1v) is 23.4. The van der Waals surface area contributed by atoms with Crippen LogP contribution in [0.5, 0.6) is 0 Å². The van der Waals surface area contributed by atoms with Crippen molar-refractivity contribution in [2.75, 3.05) is 31.6 Å². The van der Waals surface area contributed by atoms with Crippen LogP contribution in [0.25, 0.3) is 0 Å². The molecule has 7 amide bonds. The zero-order chi connectivity index (χ0) is 51.9. The maximum atomic E-state index is 13.1. The molecule has 5 rings (SSSR count). The van der Waals surface area contributed by atoms with Crippen LogP contribution in [0.2, 0.25) is 0 Å². The van der Waals surface area contributed by atoms with Gasteiger partial charge in [0.2, 0.25) is 5.91 Å². The predicted octanol–water partition coefficient (Wildman–Crippen LogP) is 2.27. The lowest BCUT2D eigenvalue weighted by Gasteiger charge is -2.38. The van der Waals surface area contributed by atoms with E-state index in [0.29, 0.717) is 81.6 Å². The first-order chi connectivity index (χ1) is 33.4. The molecule has 0 unspecified atom stereocenters. The summed E-state index contributed by atoms with van der Waals surface area (Å²) in [7, 11) is 0. The Balaban J connectivity index is 0.000000290. The van der Waals surface area contributed by atoms with Crippen LogP contribution in [-0.2, 0) is 72.3 Å². The van der Waals surface area contributed by atoms with Crippen molar-refractivity contribution in [1.82, 2.24) is 15.7 Å². The monoisotopic (exact) mass is 981 g/mol. The van der Waals surface area contributed by atoms with Crippen molar-refractivity contribution in [2.45, 2.75) is 123 Å². The van der Waals surface area contributed by atoms with E-state index >= 15 is 0 Å². The van der Waals surface area contributed by atoms with Gasteiger partial charge in [0, 0.05) is 50.4 Å². The number of carbonyl (C=O) groups is 10. The number of nitrogens with two attached hydrogens (primary N) is 3. The first kappa shape index (κ1) is 57.5. The molecule has 2 aliphatic carbocycles. The largest absolute Gasteiger partial charge is 0.465 e. The molecule has 1 heterocycles. The molecule has 22 nitrogen and oxygen atoms in total. The van der Waals surface area contributed by atoms with Gasteiger partial charge in [-0.3, -0.25) is 33.6 Å². The Labute approximate surface area is 406 Å². The van der Waals surface area contributed by atoms with Crippen molar-refractivity contribution in [3.05, 3.63) is 65.2 Å². The standard InChI is InChI=1S/C23H32N2O6.C13H20N4O3.C12H15NO6/c1-2-31-21(29)23(10-4-11-23)20(28)14-18(5-3-12-25-22(24)30)19(27)13-16-6-8-17(15-26)9-7-16;14-11(2-1-7-16-13(15)20)12(19)17-10-5-3-9(8-18)4-6-10;1-2-18-10(16)12(6-3-7-12)11(17)19-13-8(14)4-5-9(13)15/h6-9,18,26H,2-5,10-15H2,1H3,(H3,24,25,30);3-6,11,18H,1-2,7-8,14H2,(H,17,19)(H3,15,16,20);2-7H2,1H3/t18-;11-;/m10./s1. The van der Waals surface area contributed by atoms with Gasteiger partial charge in [-0.05, 0) is 100 Å². The second-order valence-electron chi connectivity index (χ2n) is 17.0. The van der Waals surface area contributed by atoms with Crippen molar-refractivity contribution < 1.29 is 72.5 Å². The second kappa shape index (κ2) is 28.6. The molecule has 1 aliphatic heterocycles. The fraction of sp³-hybridized carbons (Fsp3) is 0.542. The lowest BCUT2D eigenvalue weighted by molar-refractivity contribution is -0.212. The number of aliphatic hydroxyl groups is 2. The summed E-state index contributed by atoms with van der Waals surface area (Å²) in [5.41, 5.74) is 16.2. The van der Waals surface area contributed by atoms with Gasteiger partial charge < -0.3 is 57.7 Å². The Bertz CT molecular complexity index is 2130. The number of ether oxygens (including phenoxy) is 2. The molecule has 0 aromatic heterocycles. The Hall–Kier alpha value is -6.78. The summed E-state index contributed by atoms with van der Waals surface area (Å²) >= 11 is 0. The highest BCUT2D eigenvalue weighted by atomic mass is 16.7. The Morgan fingerprint density at radius 1 is 0.671 bits per heavy atom. The minimum atomic E-state index is -1.35. The van der Waals surface area contributed by atoms with E-state index in [-0.39, 0.29) is 69.6 Å². The number of benzene rings is 2. The molecule has 22 heteroatoms. The molecule has 0 bridgehead atoms. The lowest BCUT2D eigenvalue weighted by Crippen LogP contribution is -2.50. The zero-order valence-corrected chi connectivity index (χ0v) is 39.8. The average molecular weight is 982 g/mol. The molecule has 2 aromatic rings. The van der Waals surface area contributed by atoms with E-state index in [1.807, 2.05) is 0 Å². The number of primary amides is 2. The van der Waals surface area contributed by atoms with Gasteiger partial charge in [-0.15, -0.1) is 5.06 Å². The smallest absolute Gasteiger partial charge is 0.350 e. The molecular weight excluding hydrogens is 915 g/mol. The number of hydrogen-bond donors (Lipinski definition) is 8. The summed E-state index contributed by atoms with van der Waals surface area (Å²) in [5, 5.41) is 26.1. The number of nitrogens with one attached hydrogen (secondary N) is 3. The van der Waals surface area contributed by atoms with Crippen molar-refractivity contribution in [1.29, 1.82) is 0 Å². The summed E-state index contributed by atoms with van der Waals surface area (Å²) in [4.78, 5) is 123. The highest BCUT2D eigenvalue weighted by Crippen LogP contribution is 2.45. The van der Waals surface area contributed by atoms with Gasteiger partial charge >= 0.3 is 30.0 Å². The molecule has 3 aliphatic rings. The predicted molar refractivity (Wildman–Crippen MR) is 250 cm³/mol. The number of Topliss-reactive ketones (excluding diaryl/α,β-unsaturated/α-hetero) is 2. The number of amides is 7. The SMILES string of the molecule is CCOC(=O)C1(C(=O)C[C@@H](CCCNC(N)=O)C(=O)Cc2ccc(CO)cc2)CCC1.CCOC(=O)C1(C(=O)ON2C(=O)CCC2=O)CCC1.NC(=O)NCCC[C@H](N)C(=O)Nc1ccc(CO)cc1. The molecule has 0 spiro atoms. The third-order valence-electron chi connectivity index (χ3n) is 12.1. The Morgan fingerprint density at radius 2 is 1.13 bits per heavy atom. The number of esters is 2. The minimum Gasteiger partial charge on any atom is -0.465 e. The van der Waals surface area contributed by atoms with Crippen LogP contribution >= 0.6 is 0 Å². The van der Waals surface area contributed by atoms with Crippen molar-refractivity contribution in [2.24, 2.45) is 33.9 Å². The fourth-order valence-electron chi connectivity index (χ4n) is 7.57. The van der Waals surface area contributed by atoms with Gasteiger partial charge in [0.25, 0.3) is 11.8 Å². The minimum absolute atomic E-state index is 0.0249. The van der Waals surface area contributed by atoms with Gasteiger partial charge in [0.15, 0.2) is 11.2 Å². The molecular formula is C48H67N7O15. The number of urea groups is 2. The summed E-state index contributed by atoms with van der Waals surface area (Å²) < 4.78 is 9.99. The van der Waals surface area contributed by atoms with Gasteiger partial charge in [0.1, 0.15) is 11.2 Å². The zero-order valence-electron chi connectivity index (χ0n) is 39.8. The maximum Gasteiger partial charge on any atom is 0.350 e. The lowest BCUT2D eigenvalue weighted by atomic mass is 9.64. The molecule has 1 saturated heterocycles. The number of rotatable bonds is 24. The molecule has 3 fully saturated rings. The van der Waals surface area contributed by atoms with Crippen molar-refractivity contribution in [3.63, 3.8) is 0 Å².